The second-order valence-corrected chi connectivity index (χ2v) is 6.23. The van der Waals surface area contributed by atoms with Gasteiger partial charge in [-0.25, -0.2) is 0 Å². The minimum absolute atomic E-state index is 0.0427. The number of hydrogen-bond donors (Lipinski definition) is 1. The molecule has 0 radical (unpaired) electrons. The van der Waals surface area contributed by atoms with E-state index in [-0.39, 0.29) is 11.9 Å². The van der Waals surface area contributed by atoms with E-state index in [2.05, 4.69) is 15.2 Å². The van der Waals surface area contributed by atoms with Crippen LogP contribution in [0.15, 0.2) is 24.5 Å². The van der Waals surface area contributed by atoms with E-state index in [1.165, 1.54) is 0 Å². The fraction of sp³-hybridized carbons (Fsp3) is 0.571. The van der Waals surface area contributed by atoms with E-state index in [0.717, 1.165) is 30.3 Å². The summed E-state index contributed by atoms with van der Waals surface area (Å²) in [5.74, 6) is 1.93. The second-order valence-electron chi connectivity index (χ2n) is 5.20. The maximum atomic E-state index is 12.6. The molecule has 1 fully saturated rings. The van der Waals surface area contributed by atoms with Gasteiger partial charge in [0.1, 0.15) is 0 Å². The zero-order valence-corrected chi connectivity index (χ0v) is 12.9. The number of pyridine rings is 1. The molecule has 0 saturated carbocycles. The van der Waals surface area contributed by atoms with E-state index in [1.54, 1.807) is 18.0 Å². The Morgan fingerprint density at radius 3 is 2.95 bits per heavy atom. The predicted octanol–water partition coefficient (Wildman–Crippen LogP) is 0.634. The number of thioether (sulfide) groups is 1. The van der Waals surface area contributed by atoms with Crippen LogP contribution in [0.25, 0.3) is 0 Å². The highest BCUT2D eigenvalue weighted by Crippen LogP contribution is 2.13. The Hall–Kier alpha value is -1.11. The van der Waals surface area contributed by atoms with Crippen molar-refractivity contribution >= 4 is 17.7 Å². The van der Waals surface area contributed by atoms with Crippen LogP contribution in [0.4, 0.5) is 0 Å². The van der Waals surface area contributed by atoms with Crippen molar-refractivity contribution in [1.82, 2.24) is 20.1 Å². The van der Waals surface area contributed by atoms with E-state index in [0.29, 0.717) is 6.54 Å². The van der Waals surface area contributed by atoms with Crippen molar-refractivity contribution in [3.8, 4) is 0 Å². The van der Waals surface area contributed by atoms with Crippen molar-refractivity contribution in [1.29, 1.82) is 0 Å². The van der Waals surface area contributed by atoms with Gasteiger partial charge in [-0.3, -0.25) is 15.1 Å². The Bertz CT molecular complexity index is 420. The highest BCUT2D eigenvalue weighted by atomic mass is 32.2. The molecule has 2 rings (SSSR count). The number of amides is 1. The molecule has 1 amide bonds. The van der Waals surface area contributed by atoms with Gasteiger partial charge in [-0.15, -0.1) is 11.8 Å². The van der Waals surface area contributed by atoms with Crippen LogP contribution >= 0.6 is 11.8 Å². The van der Waals surface area contributed by atoms with E-state index in [9.17, 15) is 4.79 Å². The van der Waals surface area contributed by atoms with Crippen LogP contribution in [-0.4, -0.2) is 65.5 Å². The molecule has 1 unspecified atom stereocenters. The van der Waals surface area contributed by atoms with Crippen LogP contribution in [0.3, 0.4) is 0 Å². The number of rotatable bonds is 6. The Kier molecular flexibility index (Phi) is 5.82. The topological polar surface area (TPSA) is 48.5 Å². The Balaban J connectivity index is 2.01. The number of aromatic nitrogens is 1. The first-order chi connectivity index (χ1) is 9.66. The molecule has 1 atom stereocenters. The molecule has 6 heteroatoms. The molecule has 1 N–H and O–H groups in total. The van der Waals surface area contributed by atoms with Gasteiger partial charge in [-0.1, -0.05) is 6.07 Å². The summed E-state index contributed by atoms with van der Waals surface area (Å²) in [4.78, 5) is 20.7. The lowest BCUT2D eigenvalue weighted by Crippen LogP contribution is -2.46. The molecule has 1 aromatic heterocycles. The van der Waals surface area contributed by atoms with Crippen LogP contribution in [-0.2, 0) is 11.3 Å². The van der Waals surface area contributed by atoms with E-state index >= 15 is 0 Å². The summed E-state index contributed by atoms with van der Waals surface area (Å²) in [6.07, 6.45) is 3.58. The summed E-state index contributed by atoms with van der Waals surface area (Å²) in [6.45, 7) is 2.23. The molecule has 0 bridgehead atoms. The standard InChI is InChI=1S/C14H22N4OS/c1-17(2)6-7-18(9-12-4-3-5-15-8-12)14(19)13-10-20-11-16-13/h3-5,8,13,16H,6-7,9-11H2,1-2H3. The molecule has 1 aromatic rings. The largest absolute Gasteiger partial charge is 0.336 e. The summed E-state index contributed by atoms with van der Waals surface area (Å²) in [5, 5.41) is 3.25. The quantitative estimate of drug-likeness (QED) is 0.834. The monoisotopic (exact) mass is 294 g/mol. The molecular formula is C14H22N4OS. The average molecular weight is 294 g/mol. The number of nitrogens with one attached hydrogen (secondary N) is 1. The lowest BCUT2D eigenvalue weighted by molar-refractivity contribution is -0.133. The minimum atomic E-state index is -0.0427. The van der Waals surface area contributed by atoms with Crippen molar-refractivity contribution in [2.45, 2.75) is 12.6 Å². The maximum absolute atomic E-state index is 12.6. The number of likely N-dealkylation sites (N-methyl/N-ethyl adjacent to an activating group) is 1. The SMILES string of the molecule is CN(C)CCN(Cc1cccnc1)C(=O)C1CSCN1. The molecule has 0 aromatic carbocycles. The van der Waals surface area contributed by atoms with Crippen LogP contribution in [0.2, 0.25) is 0 Å². The summed E-state index contributed by atoms with van der Waals surface area (Å²) in [6, 6.07) is 3.88. The van der Waals surface area contributed by atoms with E-state index < -0.39 is 0 Å². The molecule has 0 spiro atoms. The first kappa shape index (κ1) is 15.3. The van der Waals surface area contributed by atoms with E-state index in [4.69, 9.17) is 0 Å². The summed E-state index contributed by atoms with van der Waals surface area (Å²) in [5.41, 5.74) is 1.07. The first-order valence-corrected chi connectivity index (χ1v) is 7.96. The summed E-state index contributed by atoms with van der Waals surface area (Å²) < 4.78 is 0. The summed E-state index contributed by atoms with van der Waals surface area (Å²) in [7, 11) is 4.05. The van der Waals surface area contributed by atoms with Gasteiger partial charge < -0.3 is 9.80 Å². The van der Waals surface area contributed by atoms with E-state index in [1.807, 2.05) is 37.3 Å². The van der Waals surface area contributed by atoms with Crippen LogP contribution in [0.1, 0.15) is 5.56 Å². The zero-order chi connectivity index (χ0) is 14.4. The third-order valence-corrected chi connectivity index (χ3v) is 4.18. The fourth-order valence-electron chi connectivity index (χ4n) is 2.07. The normalized spacial score (nSPS) is 18.4. The highest BCUT2D eigenvalue weighted by molar-refractivity contribution is 7.99. The molecule has 2 heterocycles. The minimum Gasteiger partial charge on any atom is -0.336 e. The Labute approximate surface area is 124 Å². The lowest BCUT2D eigenvalue weighted by atomic mass is 10.2. The molecule has 110 valence electrons. The van der Waals surface area contributed by atoms with Gasteiger partial charge in [-0.05, 0) is 25.7 Å². The van der Waals surface area contributed by atoms with Gasteiger partial charge in [-0.2, -0.15) is 0 Å². The number of nitrogens with zero attached hydrogens (tertiary/aromatic N) is 3. The third kappa shape index (κ3) is 4.47. The molecule has 1 aliphatic heterocycles. The average Bonchev–Trinajstić information content (AvgIpc) is 2.97. The lowest BCUT2D eigenvalue weighted by Gasteiger charge is -2.27. The van der Waals surface area contributed by atoms with Crippen molar-refractivity contribution in [2.75, 3.05) is 38.8 Å². The third-order valence-electron chi connectivity index (χ3n) is 3.24. The van der Waals surface area contributed by atoms with Gasteiger partial charge in [0.15, 0.2) is 0 Å². The van der Waals surface area contributed by atoms with Gasteiger partial charge in [0, 0.05) is 43.7 Å². The van der Waals surface area contributed by atoms with Crippen molar-refractivity contribution in [3.63, 3.8) is 0 Å². The first-order valence-electron chi connectivity index (χ1n) is 6.80. The number of hydrogen-bond acceptors (Lipinski definition) is 5. The van der Waals surface area contributed by atoms with Crippen molar-refractivity contribution in [3.05, 3.63) is 30.1 Å². The molecular weight excluding hydrogens is 272 g/mol. The smallest absolute Gasteiger partial charge is 0.240 e. The maximum Gasteiger partial charge on any atom is 0.240 e. The predicted molar refractivity (Wildman–Crippen MR) is 82.5 cm³/mol. The Morgan fingerprint density at radius 2 is 2.35 bits per heavy atom. The fourth-order valence-corrected chi connectivity index (χ4v) is 3.01. The van der Waals surface area contributed by atoms with Gasteiger partial charge in [0.05, 0.1) is 6.04 Å². The second kappa shape index (κ2) is 7.61. The van der Waals surface area contributed by atoms with Gasteiger partial charge in [0.25, 0.3) is 0 Å². The van der Waals surface area contributed by atoms with Crippen LogP contribution in [0.5, 0.6) is 0 Å². The van der Waals surface area contributed by atoms with Gasteiger partial charge >= 0.3 is 0 Å². The molecule has 0 aliphatic carbocycles. The highest BCUT2D eigenvalue weighted by Gasteiger charge is 2.27. The number of carbonyl (C=O) groups is 1. The van der Waals surface area contributed by atoms with Crippen LogP contribution < -0.4 is 5.32 Å². The molecule has 20 heavy (non-hydrogen) atoms. The summed E-state index contributed by atoms with van der Waals surface area (Å²) >= 11 is 1.78. The van der Waals surface area contributed by atoms with Crippen molar-refractivity contribution in [2.24, 2.45) is 0 Å². The van der Waals surface area contributed by atoms with Gasteiger partial charge in [0.2, 0.25) is 5.91 Å². The molecule has 1 aliphatic rings. The van der Waals surface area contributed by atoms with Crippen LogP contribution in [0, 0.1) is 0 Å². The Morgan fingerprint density at radius 1 is 1.50 bits per heavy atom. The molecule has 5 nitrogen and oxygen atoms in total. The van der Waals surface area contributed by atoms with Crippen molar-refractivity contribution < 1.29 is 4.79 Å². The zero-order valence-electron chi connectivity index (χ0n) is 12.1. The number of carbonyl (C=O) groups excluding carboxylic acids is 1. The molecule has 1 saturated heterocycles.